The second kappa shape index (κ2) is 1.03. The molecular formula is C4H3F2. The van der Waals surface area contributed by atoms with Gasteiger partial charge in [0.15, 0.2) is 6.17 Å². The highest BCUT2D eigenvalue weighted by molar-refractivity contribution is 5.05. The highest BCUT2D eigenvalue weighted by atomic mass is 19.2. The van der Waals surface area contributed by atoms with Crippen LogP contribution in [0.25, 0.3) is 0 Å². The van der Waals surface area contributed by atoms with Gasteiger partial charge in [0.2, 0.25) is 0 Å². The van der Waals surface area contributed by atoms with Crippen molar-refractivity contribution in [3.63, 3.8) is 0 Å². The maximum Gasteiger partial charge on any atom is 0.156 e. The summed E-state index contributed by atoms with van der Waals surface area (Å²) in [6.45, 7) is 0. The van der Waals surface area contributed by atoms with E-state index in [9.17, 15) is 8.78 Å². The van der Waals surface area contributed by atoms with E-state index in [0.717, 1.165) is 0 Å². The average molecular weight is 89.1 g/mol. The Balaban J connectivity index is 2.51. The van der Waals surface area contributed by atoms with Gasteiger partial charge in [0.05, 0.1) is 0 Å². The molecule has 6 heavy (non-hydrogen) atoms. The van der Waals surface area contributed by atoms with Crippen molar-refractivity contribution in [1.29, 1.82) is 0 Å². The third-order valence-corrected chi connectivity index (χ3v) is 0.725. The van der Waals surface area contributed by atoms with Gasteiger partial charge in [-0.3, -0.25) is 0 Å². The van der Waals surface area contributed by atoms with E-state index >= 15 is 0 Å². The lowest BCUT2D eigenvalue weighted by Crippen LogP contribution is -2.08. The number of rotatable bonds is 0. The van der Waals surface area contributed by atoms with Gasteiger partial charge in [-0.25, -0.2) is 8.78 Å². The van der Waals surface area contributed by atoms with Gasteiger partial charge in [-0.15, -0.1) is 0 Å². The third-order valence-electron chi connectivity index (χ3n) is 0.725. The smallest absolute Gasteiger partial charge is 0.156 e. The molecule has 0 saturated heterocycles. The molecule has 1 rings (SSSR count). The molecule has 1 atom stereocenters. The Morgan fingerprint density at radius 3 is 2.33 bits per heavy atom. The normalized spacial score (nSPS) is 31.7. The van der Waals surface area contributed by atoms with E-state index in [-0.39, 0.29) is 6.42 Å². The molecule has 0 aromatic rings. The SMILES string of the molecule is FC1=[C]CC1F. The molecule has 1 unspecified atom stereocenters. The van der Waals surface area contributed by atoms with Crippen molar-refractivity contribution < 1.29 is 8.78 Å². The van der Waals surface area contributed by atoms with Crippen LogP contribution in [-0.2, 0) is 0 Å². The molecule has 0 saturated carbocycles. The molecule has 0 aliphatic heterocycles. The van der Waals surface area contributed by atoms with Gasteiger partial charge in [0, 0.05) is 6.42 Å². The summed E-state index contributed by atoms with van der Waals surface area (Å²) < 4.78 is 22.8. The van der Waals surface area contributed by atoms with E-state index in [1.54, 1.807) is 0 Å². The Morgan fingerprint density at radius 2 is 2.33 bits per heavy atom. The Morgan fingerprint density at radius 1 is 1.83 bits per heavy atom. The first-order chi connectivity index (χ1) is 2.80. The standard InChI is InChI=1S/C4H3F2/c5-3-1-2-4(3)6/h3H,1H2. The second-order valence-electron chi connectivity index (χ2n) is 1.20. The van der Waals surface area contributed by atoms with Crippen LogP contribution in [0.1, 0.15) is 6.42 Å². The summed E-state index contributed by atoms with van der Waals surface area (Å²) in [6.07, 6.45) is 0.949. The monoisotopic (exact) mass is 89.0 g/mol. The van der Waals surface area contributed by atoms with Crippen molar-refractivity contribution in [3.8, 4) is 0 Å². The highest BCUT2D eigenvalue weighted by Gasteiger charge is 2.19. The average Bonchev–Trinajstić information content (AvgIpc) is 1.61. The molecule has 0 bridgehead atoms. The van der Waals surface area contributed by atoms with Crippen LogP contribution in [0.15, 0.2) is 5.83 Å². The number of halogens is 2. The molecule has 0 aromatic carbocycles. The van der Waals surface area contributed by atoms with Crippen molar-refractivity contribution >= 4 is 0 Å². The molecule has 1 aliphatic carbocycles. The van der Waals surface area contributed by atoms with Gasteiger partial charge in [-0.2, -0.15) is 0 Å². The molecule has 33 valence electrons. The van der Waals surface area contributed by atoms with Crippen molar-refractivity contribution in [3.05, 3.63) is 11.9 Å². The molecule has 0 aromatic heterocycles. The summed E-state index contributed by atoms with van der Waals surface area (Å²) in [4.78, 5) is 0. The Kier molecular flexibility index (Phi) is 0.650. The fraction of sp³-hybridized carbons (Fsp3) is 0.500. The van der Waals surface area contributed by atoms with Crippen LogP contribution in [0, 0.1) is 6.08 Å². The Labute approximate surface area is 34.5 Å². The summed E-state index contributed by atoms with van der Waals surface area (Å²) in [6, 6.07) is 0. The van der Waals surface area contributed by atoms with Crippen molar-refractivity contribution in [1.82, 2.24) is 0 Å². The highest BCUT2D eigenvalue weighted by Crippen LogP contribution is 2.21. The molecular weight excluding hydrogens is 86.0 g/mol. The summed E-state index contributed by atoms with van der Waals surface area (Å²) in [5.41, 5.74) is 0. The van der Waals surface area contributed by atoms with Crippen LogP contribution in [0.5, 0.6) is 0 Å². The van der Waals surface area contributed by atoms with Crippen molar-refractivity contribution in [2.24, 2.45) is 0 Å². The van der Waals surface area contributed by atoms with Crippen LogP contribution < -0.4 is 0 Å². The predicted octanol–water partition coefficient (Wildman–Crippen LogP) is 1.38. The Hall–Kier alpha value is -0.400. The molecule has 2 heteroatoms. The zero-order valence-electron chi connectivity index (χ0n) is 3.04. The predicted molar refractivity (Wildman–Crippen MR) is 17.4 cm³/mol. The van der Waals surface area contributed by atoms with E-state index in [4.69, 9.17) is 0 Å². The van der Waals surface area contributed by atoms with E-state index in [1.807, 2.05) is 0 Å². The summed E-state index contributed by atoms with van der Waals surface area (Å²) >= 11 is 0. The zero-order chi connectivity index (χ0) is 4.57. The number of allylic oxidation sites excluding steroid dienone is 2. The minimum absolute atomic E-state index is 0.145. The first-order valence-electron chi connectivity index (χ1n) is 1.71. The van der Waals surface area contributed by atoms with Gasteiger partial charge < -0.3 is 0 Å². The zero-order valence-corrected chi connectivity index (χ0v) is 3.04. The van der Waals surface area contributed by atoms with Crippen molar-refractivity contribution in [2.75, 3.05) is 0 Å². The topological polar surface area (TPSA) is 0 Å². The number of hydrogen-bond acceptors (Lipinski definition) is 0. The largest absolute Gasteiger partial charge is 0.239 e. The minimum atomic E-state index is -1.33. The Bertz CT molecular complexity index is 85.5. The molecule has 0 N–H and O–H groups in total. The molecule has 0 spiro atoms. The first kappa shape index (κ1) is 3.78. The van der Waals surface area contributed by atoms with E-state index in [1.165, 1.54) is 0 Å². The lowest BCUT2D eigenvalue weighted by atomic mass is 10.1. The summed E-state index contributed by atoms with van der Waals surface area (Å²) in [5, 5.41) is 0. The molecule has 1 aliphatic rings. The van der Waals surface area contributed by atoms with E-state index in [2.05, 4.69) is 6.08 Å². The molecule has 0 amide bonds. The van der Waals surface area contributed by atoms with Crippen LogP contribution in [0.3, 0.4) is 0 Å². The molecule has 0 fully saturated rings. The minimum Gasteiger partial charge on any atom is -0.239 e. The van der Waals surface area contributed by atoms with Crippen LogP contribution in [-0.4, -0.2) is 6.17 Å². The van der Waals surface area contributed by atoms with Gasteiger partial charge in [-0.05, 0) is 6.08 Å². The number of hydrogen-bond donors (Lipinski definition) is 0. The lowest BCUT2D eigenvalue weighted by Gasteiger charge is -2.08. The van der Waals surface area contributed by atoms with Crippen LogP contribution in [0.2, 0.25) is 0 Å². The quantitative estimate of drug-likeness (QED) is 0.420. The molecule has 0 nitrogen and oxygen atoms in total. The van der Waals surface area contributed by atoms with Crippen molar-refractivity contribution in [2.45, 2.75) is 12.6 Å². The maximum absolute atomic E-state index is 11.4. The maximum atomic E-state index is 11.4. The van der Waals surface area contributed by atoms with Gasteiger partial charge in [0.1, 0.15) is 5.83 Å². The van der Waals surface area contributed by atoms with Gasteiger partial charge in [-0.1, -0.05) is 0 Å². The first-order valence-corrected chi connectivity index (χ1v) is 1.71. The lowest BCUT2D eigenvalue weighted by molar-refractivity contribution is 0.285. The summed E-state index contributed by atoms with van der Waals surface area (Å²) in [5.74, 6) is -0.727. The third kappa shape index (κ3) is 0.329. The fourth-order valence-electron chi connectivity index (χ4n) is 0.256. The van der Waals surface area contributed by atoms with Crippen LogP contribution >= 0.6 is 0 Å². The fourth-order valence-corrected chi connectivity index (χ4v) is 0.256. The van der Waals surface area contributed by atoms with Gasteiger partial charge >= 0.3 is 0 Å². The molecule has 0 heterocycles. The number of alkyl halides is 1. The second-order valence-corrected chi connectivity index (χ2v) is 1.20. The van der Waals surface area contributed by atoms with E-state index in [0.29, 0.717) is 0 Å². The van der Waals surface area contributed by atoms with E-state index < -0.39 is 12.0 Å². The van der Waals surface area contributed by atoms with Crippen LogP contribution in [0.4, 0.5) is 8.78 Å². The molecule has 1 radical (unpaired) electrons. The summed E-state index contributed by atoms with van der Waals surface area (Å²) in [7, 11) is 0. The van der Waals surface area contributed by atoms with Gasteiger partial charge in [0.25, 0.3) is 0 Å².